The normalized spacial score (nSPS) is 16.0. The molecule has 4 heterocycles. The fourth-order valence-electron chi connectivity index (χ4n) is 3.09. The van der Waals surface area contributed by atoms with Gasteiger partial charge in [-0.15, -0.1) is 0 Å². The smallest absolute Gasteiger partial charge is 0.166 e. The topological polar surface area (TPSA) is 92.9 Å². The molecule has 8 heteroatoms. The second-order valence-electron chi connectivity index (χ2n) is 6.94. The van der Waals surface area contributed by atoms with Gasteiger partial charge in [-0.1, -0.05) is 12.1 Å². The summed E-state index contributed by atoms with van der Waals surface area (Å²) in [6.45, 7) is 5.65. The molecule has 0 bridgehead atoms. The molecule has 28 heavy (non-hydrogen) atoms. The second-order valence-corrected chi connectivity index (χ2v) is 6.94. The first-order chi connectivity index (χ1) is 13.7. The third-order valence-electron chi connectivity index (χ3n) is 4.56. The van der Waals surface area contributed by atoms with Crippen molar-refractivity contribution in [1.82, 2.24) is 24.5 Å². The molecule has 0 fully saturated rings. The first-order valence-electron chi connectivity index (χ1n) is 9.54. The van der Waals surface area contributed by atoms with E-state index in [1.54, 1.807) is 6.20 Å². The molecular weight excluding hydrogens is 352 g/mol. The van der Waals surface area contributed by atoms with E-state index in [0.29, 0.717) is 6.54 Å². The van der Waals surface area contributed by atoms with Gasteiger partial charge in [0.25, 0.3) is 0 Å². The molecule has 8 nitrogen and oxygen atoms in total. The van der Waals surface area contributed by atoms with Gasteiger partial charge in [-0.3, -0.25) is 4.99 Å². The van der Waals surface area contributed by atoms with Crippen LogP contribution in [0.4, 0.5) is 11.6 Å². The molecule has 0 aliphatic carbocycles. The van der Waals surface area contributed by atoms with E-state index in [0.717, 1.165) is 41.6 Å². The van der Waals surface area contributed by atoms with Gasteiger partial charge in [-0.25, -0.2) is 19.9 Å². The minimum Gasteiger partial charge on any atom is -0.368 e. The van der Waals surface area contributed by atoms with E-state index in [2.05, 4.69) is 44.0 Å². The molecule has 0 radical (unpaired) electrons. The molecular formula is C20H24N8. The molecule has 1 unspecified atom stereocenters. The van der Waals surface area contributed by atoms with Crippen molar-refractivity contribution < 1.29 is 0 Å². The molecule has 1 atom stereocenters. The maximum absolute atomic E-state index is 4.82. The fourth-order valence-corrected chi connectivity index (χ4v) is 3.09. The van der Waals surface area contributed by atoms with Crippen LogP contribution in [0.1, 0.15) is 38.1 Å². The molecule has 0 amide bonds. The Morgan fingerprint density at radius 1 is 1.14 bits per heavy atom. The van der Waals surface area contributed by atoms with E-state index in [9.17, 15) is 0 Å². The third kappa shape index (κ3) is 3.85. The van der Waals surface area contributed by atoms with Crippen LogP contribution in [0.15, 0.2) is 48.0 Å². The quantitative estimate of drug-likeness (QED) is 0.614. The van der Waals surface area contributed by atoms with Crippen LogP contribution in [0, 0.1) is 0 Å². The minimum atomic E-state index is 0.0807. The predicted octanol–water partition coefficient (Wildman–Crippen LogP) is 3.40. The van der Waals surface area contributed by atoms with Crippen LogP contribution in [-0.4, -0.2) is 43.8 Å². The molecule has 4 rings (SSSR count). The highest BCUT2D eigenvalue weighted by atomic mass is 15.2. The number of pyridine rings is 1. The number of hydrogen-bond acceptors (Lipinski definition) is 7. The number of aliphatic imine (C=N–C) groups is 1. The predicted molar refractivity (Wildman–Crippen MR) is 112 cm³/mol. The SMILES string of the molecule is CC(C)n1cnc2c(NCCNc3ccccn3)nc(C3C=NC=CC3)nc21. The Hall–Kier alpha value is -3.29. The number of hydrogen-bond donors (Lipinski definition) is 2. The van der Waals surface area contributed by atoms with E-state index in [4.69, 9.17) is 9.97 Å². The molecule has 3 aromatic heterocycles. The Labute approximate surface area is 163 Å². The summed E-state index contributed by atoms with van der Waals surface area (Å²) in [5.41, 5.74) is 1.64. The lowest BCUT2D eigenvalue weighted by Crippen LogP contribution is -2.17. The van der Waals surface area contributed by atoms with E-state index < -0.39 is 0 Å². The van der Waals surface area contributed by atoms with Crippen molar-refractivity contribution in [3.8, 4) is 0 Å². The van der Waals surface area contributed by atoms with Crippen LogP contribution in [-0.2, 0) is 0 Å². The van der Waals surface area contributed by atoms with E-state index >= 15 is 0 Å². The van der Waals surface area contributed by atoms with Crippen LogP contribution in [0.5, 0.6) is 0 Å². The molecule has 2 N–H and O–H groups in total. The largest absolute Gasteiger partial charge is 0.368 e. The fraction of sp³-hybridized carbons (Fsp3) is 0.350. The lowest BCUT2D eigenvalue weighted by molar-refractivity contribution is 0.611. The number of allylic oxidation sites excluding steroid dienone is 1. The number of aromatic nitrogens is 5. The Morgan fingerprint density at radius 2 is 2.04 bits per heavy atom. The van der Waals surface area contributed by atoms with Crippen molar-refractivity contribution in [2.24, 2.45) is 4.99 Å². The molecule has 0 saturated heterocycles. The van der Waals surface area contributed by atoms with Gasteiger partial charge in [0.2, 0.25) is 0 Å². The van der Waals surface area contributed by atoms with Gasteiger partial charge in [0.05, 0.1) is 12.2 Å². The number of imidazole rings is 1. The first-order valence-corrected chi connectivity index (χ1v) is 9.54. The molecule has 1 aliphatic heterocycles. The third-order valence-corrected chi connectivity index (χ3v) is 4.56. The van der Waals surface area contributed by atoms with Gasteiger partial charge >= 0.3 is 0 Å². The van der Waals surface area contributed by atoms with E-state index in [-0.39, 0.29) is 12.0 Å². The number of rotatable bonds is 7. The van der Waals surface area contributed by atoms with E-state index in [1.807, 2.05) is 43.0 Å². The summed E-state index contributed by atoms with van der Waals surface area (Å²) in [5.74, 6) is 2.46. The lowest BCUT2D eigenvalue weighted by atomic mass is 10.0. The highest BCUT2D eigenvalue weighted by Crippen LogP contribution is 2.26. The zero-order valence-electron chi connectivity index (χ0n) is 16.1. The Kier molecular flexibility index (Phi) is 5.27. The van der Waals surface area contributed by atoms with Crippen molar-refractivity contribution in [3.05, 3.63) is 48.8 Å². The van der Waals surface area contributed by atoms with Crippen LogP contribution >= 0.6 is 0 Å². The minimum absolute atomic E-state index is 0.0807. The zero-order valence-corrected chi connectivity index (χ0v) is 16.1. The lowest BCUT2D eigenvalue weighted by Gasteiger charge is -2.15. The van der Waals surface area contributed by atoms with Crippen LogP contribution in [0.2, 0.25) is 0 Å². The average molecular weight is 376 g/mol. The van der Waals surface area contributed by atoms with Crippen molar-refractivity contribution in [2.45, 2.75) is 32.2 Å². The van der Waals surface area contributed by atoms with Crippen molar-refractivity contribution >= 4 is 29.0 Å². The molecule has 1 aliphatic rings. The molecule has 3 aromatic rings. The number of fused-ring (bicyclic) bond motifs is 1. The van der Waals surface area contributed by atoms with E-state index in [1.165, 1.54) is 0 Å². The van der Waals surface area contributed by atoms with Gasteiger partial charge in [-0.05, 0) is 32.4 Å². The maximum Gasteiger partial charge on any atom is 0.166 e. The maximum atomic E-state index is 4.82. The average Bonchev–Trinajstić information content (AvgIpc) is 3.17. The molecule has 0 aromatic carbocycles. The number of anilines is 2. The van der Waals surface area contributed by atoms with Gasteiger partial charge in [0.1, 0.15) is 17.2 Å². The van der Waals surface area contributed by atoms with Gasteiger partial charge in [0.15, 0.2) is 11.5 Å². The monoisotopic (exact) mass is 376 g/mol. The van der Waals surface area contributed by atoms with Gasteiger partial charge < -0.3 is 15.2 Å². The first kappa shape index (κ1) is 18.1. The van der Waals surface area contributed by atoms with Crippen LogP contribution in [0.3, 0.4) is 0 Å². The standard InChI is InChI=1S/C20H24N8/c1-14(2)28-13-25-17-19(24-11-10-23-16-7-3-4-9-22-16)26-18(27-20(17)28)15-6-5-8-21-12-15/h3-5,7-9,12-15H,6,10-11H2,1-2H3,(H,22,23)(H,24,26,27). The Bertz CT molecular complexity index is 990. The van der Waals surface area contributed by atoms with Crippen LogP contribution in [0.25, 0.3) is 11.2 Å². The highest BCUT2D eigenvalue weighted by Gasteiger charge is 2.19. The molecule has 144 valence electrons. The summed E-state index contributed by atoms with van der Waals surface area (Å²) in [7, 11) is 0. The summed E-state index contributed by atoms with van der Waals surface area (Å²) in [4.78, 5) is 22.7. The van der Waals surface area contributed by atoms with Crippen molar-refractivity contribution in [1.29, 1.82) is 0 Å². The summed E-state index contributed by atoms with van der Waals surface area (Å²) >= 11 is 0. The highest BCUT2D eigenvalue weighted by molar-refractivity contribution is 5.84. The summed E-state index contributed by atoms with van der Waals surface area (Å²) in [6.07, 6.45) is 10.2. The second kappa shape index (κ2) is 8.16. The summed E-state index contributed by atoms with van der Waals surface area (Å²) in [6, 6.07) is 6.08. The number of nitrogens with one attached hydrogen (secondary N) is 2. The molecule has 0 spiro atoms. The summed E-state index contributed by atoms with van der Waals surface area (Å²) < 4.78 is 2.08. The van der Waals surface area contributed by atoms with Crippen LogP contribution < -0.4 is 10.6 Å². The van der Waals surface area contributed by atoms with Crippen molar-refractivity contribution in [3.63, 3.8) is 0 Å². The van der Waals surface area contributed by atoms with Gasteiger partial charge in [0, 0.05) is 37.7 Å². The summed E-state index contributed by atoms with van der Waals surface area (Å²) in [5, 5.41) is 6.70. The Morgan fingerprint density at radius 3 is 2.79 bits per heavy atom. The Balaban J connectivity index is 1.56. The molecule has 0 saturated carbocycles. The van der Waals surface area contributed by atoms with Crippen molar-refractivity contribution in [2.75, 3.05) is 23.7 Å². The zero-order chi connectivity index (χ0) is 19.3. The van der Waals surface area contributed by atoms with Gasteiger partial charge in [-0.2, -0.15) is 0 Å². The number of nitrogens with zero attached hydrogens (tertiary/aromatic N) is 6.